The minimum Gasteiger partial charge on any atom is -0.369 e. The molecule has 1 aromatic carbocycles. The van der Waals surface area contributed by atoms with Crippen LogP contribution in [0.3, 0.4) is 0 Å². The molecule has 2 nitrogen and oxygen atoms in total. The van der Waals surface area contributed by atoms with Crippen LogP contribution < -0.4 is 5.73 Å². The van der Waals surface area contributed by atoms with Crippen LogP contribution in [-0.2, 0) is 4.79 Å². The second kappa shape index (κ2) is 4.30. The van der Waals surface area contributed by atoms with Gasteiger partial charge in [0.25, 0.3) is 0 Å². The minimum atomic E-state index is -0.210. The van der Waals surface area contributed by atoms with E-state index in [0.29, 0.717) is 5.92 Å². The van der Waals surface area contributed by atoms with Gasteiger partial charge >= 0.3 is 0 Å². The summed E-state index contributed by atoms with van der Waals surface area (Å²) in [4.78, 5) is 11.0. The molecule has 0 aromatic heterocycles. The van der Waals surface area contributed by atoms with E-state index in [9.17, 15) is 4.79 Å². The van der Waals surface area contributed by atoms with Gasteiger partial charge in [0.1, 0.15) is 0 Å². The van der Waals surface area contributed by atoms with E-state index in [-0.39, 0.29) is 11.8 Å². The largest absolute Gasteiger partial charge is 0.369 e. The maximum atomic E-state index is 11.0. The van der Waals surface area contributed by atoms with Crippen LogP contribution in [-0.4, -0.2) is 5.91 Å². The quantitative estimate of drug-likeness (QED) is 0.732. The molecule has 1 aliphatic rings. The second-order valence-electron chi connectivity index (χ2n) is 3.99. The Bertz CT molecular complexity index is 369. The van der Waals surface area contributed by atoms with E-state index in [1.165, 1.54) is 5.56 Å². The summed E-state index contributed by atoms with van der Waals surface area (Å²) in [6.07, 6.45) is 5.93. The Kier molecular flexibility index (Phi) is 2.86. The molecule has 0 bridgehead atoms. The predicted molar refractivity (Wildman–Crippen MR) is 60.2 cm³/mol. The van der Waals surface area contributed by atoms with E-state index in [1.54, 1.807) is 0 Å². The minimum absolute atomic E-state index is 0.0648. The summed E-state index contributed by atoms with van der Waals surface area (Å²) in [6.45, 7) is 0. The Labute approximate surface area is 89.8 Å². The van der Waals surface area contributed by atoms with Crippen molar-refractivity contribution >= 4 is 5.91 Å². The lowest BCUT2D eigenvalue weighted by molar-refractivity contribution is -0.120. The van der Waals surface area contributed by atoms with Crippen molar-refractivity contribution in [2.45, 2.75) is 18.8 Å². The van der Waals surface area contributed by atoms with E-state index in [1.807, 2.05) is 24.3 Å². The van der Waals surface area contributed by atoms with Crippen LogP contribution in [0.2, 0.25) is 0 Å². The third kappa shape index (κ3) is 2.27. The predicted octanol–water partition coefficient (Wildman–Crippen LogP) is 2.22. The van der Waals surface area contributed by atoms with Crippen LogP contribution >= 0.6 is 0 Å². The summed E-state index contributed by atoms with van der Waals surface area (Å²) in [7, 11) is 0. The highest BCUT2D eigenvalue weighted by Crippen LogP contribution is 2.29. The SMILES string of the molecule is NC(=O)C1C=CC(c2ccccc2)CC1. The maximum Gasteiger partial charge on any atom is 0.224 e. The lowest BCUT2D eigenvalue weighted by Gasteiger charge is -2.21. The molecule has 2 heteroatoms. The number of hydrogen-bond acceptors (Lipinski definition) is 1. The number of carbonyl (C=O) groups excluding carboxylic acids is 1. The van der Waals surface area contributed by atoms with Gasteiger partial charge in [-0.15, -0.1) is 0 Å². The number of nitrogens with two attached hydrogens (primary N) is 1. The lowest BCUT2D eigenvalue weighted by atomic mass is 9.84. The topological polar surface area (TPSA) is 43.1 Å². The van der Waals surface area contributed by atoms with Gasteiger partial charge in [-0.05, 0) is 18.4 Å². The zero-order chi connectivity index (χ0) is 10.7. The molecule has 78 valence electrons. The third-order valence-corrected chi connectivity index (χ3v) is 2.96. The van der Waals surface area contributed by atoms with Gasteiger partial charge < -0.3 is 5.73 Å². The average molecular weight is 201 g/mol. The van der Waals surface area contributed by atoms with Crippen molar-refractivity contribution in [1.29, 1.82) is 0 Å². The fourth-order valence-corrected chi connectivity index (χ4v) is 2.03. The molecule has 0 fully saturated rings. The van der Waals surface area contributed by atoms with Crippen LogP contribution in [0.15, 0.2) is 42.5 Å². The van der Waals surface area contributed by atoms with Crippen molar-refractivity contribution in [3.63, 3.8) is 0 Å². The zero-order valence-corrected chi connectivity index (χ0v) is 8.60. The molecule has 0 spiro atoms. The van der Waals surface area contributed by atoms with Crippen LogP contribution in [0.25, 0.3) is 0 Å². The first-order chi connectivity index (χ1) is 7.27. The van der Waals surface area contributed by atoms with Gasteiger partial charge in [0.2, 0.25) is 5.91 Å². The van der Waals surface area contributed by atoms with Gasteiger partial charge in [-0.1, -0.05) is 42.5 Å². The van der Waals surface area contributed by atoms with E-state index >= 15 is 0 Å². The van der Waals surface area contributed by atoms with Crippen molar-refractivity contribution in [2.75, 3.05) is 0 Å². The molecule has 0 heterocycles. The van der Waals surface area contributed by atoms with Gasteiger partial charge in [-0.2, -0.15) is 0 Å². The molecular formula is C13H15NO. The maximum absolute atomic E-state index is 11.0. The van der Waals surface area contributed by atoms with E-state index in [4.69, 9.17) is 5.73 Å². The van der Waals surface area contributed by atoms with Gasteiger partial charge in [0, 0.05) is 5.92 Å². The van der Waals surface area contributed by atoms with Crippen molar-refractivity contribution in [3.05, 3.63) is 48.0 Å². The smallest absolute Gasteiger partial charge is 0.224 e. The van der Waals surface area contributed by atoms with E-state index < -0.39 is 0 Å². The Morgan fingerprint density at radius 2 is 1.87 bits per heavy atom. The first kappa shape index (κ1) is 9.97. The van der Waals surface area contributed by atoms with Crippen molar-refractivity contribution in [1.82, 2.24) is 0 Å². The van der Waals surface area contributed by atoms with Gasteiger partial charge in [-0.25, -0.2) is 0 Å². The summed E-state index contributed by atoms with van der Waals surface area (Å²) in [5.41, 5.74) is 6.58. The molecule has 1 amide bonds. The number of hydrogen-bond donors (Lipinski definition) is 1. The highest BCUT2D eigenvalue weighted by molar-refractivity contribution is 5.78. The normalized spacial score (nSPS) is 25.1. The highest BCUT2D eigenvalue weighted by Gasteiger charge is 2.20. The summed E-state index contributed by atoms with van der Waals surface area (Å²) in [5.74, 6) is 0.171. The number of carbonyl (C=O) groups is 1. The van der Waals surface area contributed by atoms with Crippen LogP contribution in [0.4, 0.5) is 0 Å². The molecule has 1 aliphatic carbocycles. The van der Waals surface area contributed by atoms with Crippen LogP contribution in [0.5, 0.6) is 0 Å². The fraction of sp³-hybridized carbons (Fsp3) is 0.308. The van der Waals surface area contributed by atoms with Crippen molar-refractivity contribution < 1.29 is 4.79 Å². The van der Waals surface area contributed by atoms with Crippen molar-refractivity contribution in [2.24, 2.45) is 11.7 Å². The van der Waals surface area contributed by atoms with Crippen LogP contribution in [0.1, 0.15) is 24.3 Å². The van der Waals surface area contributed by atoms with Crippen LogP contribution in [0, 0.1) is 5.92 Å². The summed E-state index contributed by atoms with van der Waals surface area (Å²) in [6, 6.07) is 10.4. The molecule has 0 saturated carbocycles. The Morgan fingerprint density at radius 1 is 1.13 bits per heavy atom. The summed E-state index contributed by atoms with van der Waals surface area (Å²) >= 11 is 0. The Morgan fingerprint density at radius 3 is 2.40 bits per heavy atom. The number of benzene rings is 1. The lowest BCUT2D eigenvalue weighted by Crippen LogP contribution is -2.24. The first-order valence-electron chi connectivity index (χ1n) is 5.30. The second-order valence-corrected chi connectivity index (χ2v) is 3.99. The zero-order valence-electron chi connectivity index (χ0n) is 8.60. The molecule has 0 radical (unpaired) electrons. The molecule has 2 rings (SSSR count). The molecule has 0 saturated heterocycles. The summed E-state index contributed by atoms with van der Waals surface area (Å²) in [5, 5.41) is 0. The first-order valence-corrected chi connectivity index (χ1v) is 5.30. The standard InChI is InChI=1S/C13H15NO/c14-13(15)12-8-6-11(7-9-12)10-4-2-1-3-5-10/h1-6,8,11-12H,7,9H2,(H2,14,15). The van der Waals surface area contributed by atoms with Gasteiger partial charge in [-0.3, -0.25) is 4.79 Å². The molecule has 1 aromatic rings. The fourth-order valence-electron chi connectivity index (χ4n) is 2.03. The Balaban J connectivity index is 2.10. The van der Waals surface area contributed by atoms with Gasteiger partial charge in [0.05, 0.1) is 5.92 Å². The third-order valence-electron chi connectivity index (χ3n) is 2.96. The van der Waals surface area contributed by atoms with E-state index in [2.05, 4.69) is 18.2 Å². The average Bonchev–Trinajstić information content (AvgIpc) is 2.30. The highest BCUT2D eigenvalue weighted by atomic mass is 16.1. The molecule has 2 N–H and O–H groups in total. The molecule has 0 aliphatic heterocycles. The molecule has 15 heavy (non-hydrogen) atoms. The van der Waals surface area contributed by atoms with Gasteiger partial charge in [0.15, 0.2) is 0 Å². The molecule has 2 unspecified atom stereocenters. The number of primary amides is 1. The Hall–Kier alpha value is -1.57. The van der Waals surface area contributed by atoms with E-state index in [0.717, 1.165) is 12.8 Å². The summed E-state index contributed by atoms with van der Waals surface area (Å²) < 4.78 is 0. The number of amides is 1. The monoisotopic (exact) mass is 201 g/mol. The van der Waals surface area contributed by atoms with Crippen molar-refractivity contribution in [3.8, 4) is 0 Å². The molecule has 2 atom stereocenters. The number of allylic oxidation sites excluding steroid dienone is 1. The molecular weight excluding hydrogens is 186 g/mol. The number of rotatable bonds is 2.